The molecule has 5 rings (SSSR count). The van der Waals surface area contributed by atoms with Gasteiger partial charge in [-0.3, -0.25) is 9.48 Å². The van der Waals surface area contributed by atoms with Crippen LogP contribution in [0.4, 0.5) is 5.69 Å². The fourth-order valence-corrected chi connectivity index (χ4v) is 4.16. The average Bonchev–Trinajstić information content (AvgIpc) is 3.54. The Morgan fingerprint density at radius 3 is 2.97 bits per heavy atom. The summed E-state index contributed by atoms with van der Waals surface area (Å²) in [6.07, 6.45) is 3.50. The van der Waals surface area contributed by atoms with Crippen LogP contribution in [0.25, 0.3) is 0 Å². The summed E-state index contributed by atoms with van der Waals surface area (Å²) in [4.78, 5) is 13.3. The lowest BCUT2D eigenvalue weighted by molar-refractivity contribution is 0.103. The van der Waals surface area contributed by atoms with E-state index in [1.54, 1.807) is 12.3 Å². The van der Waals surface area contributed by atoms with E-state index < -0.39 is 0 Å². The summed E-state index contributed by atoms with van der Waals surface area (Å²) in [5.41, 5.74) is 3.99. The molecule has 1 N–H and O–H groups in total. The summed E-state index contributed by atoms with van der Waals surface area (Å²) >= 11 is 1.38. The van der Waals surface area contributed by atoms with E-state index in [0.29, 0.717) is 41.0 Å². The number of carbonyl (C=O) groups excluding carboxylic acids is 1. The van der Waals surface area contributed by atoms with Crippen molar-refractivity contribution in [3.63, 3.8) is 0 Å². The molecule has 0 atom stereocenters. The van der Waals surface area contributed by atoms with Crippen LogP contribution in [0, 0.1) is 6.92 Å². The maximum absolute atomic E-state index is 12.6. The molecule has 0 saturated carbocycles. The Morgan fingerprint density at radius 2 is 2.06 bits per heavy atom. The smallest absolute Gasteiger partial charge is 0.265 e. The quantitative estimate of drug-likeness (QED) is 0.438. The first-order valence-electron chi connectivity index (χ1n) is 10.1. The third-order valence-corrected chi connectivity index (χ3v) is 6.09. The lowest BCUT2D eigenvalue weighted by Crippen LogP contribution is -2.09. The van der Waals surface area contributed by atoms with Crippen molar-refractivity contribution >= 4 is 22.9 Å². The second-order valence-corrected chi connectivity index (χ2v) is 8.34. The van der Waals surface area contributed by atoms with Gasteiger partial charge in [0.05, 0.1) is 23.3 Å². The molecule has 0 spiro atoms. The average molecular weight is 448 g/mol. The fourth-order valence-electron chi connectivity index (χ4n) is 3.37. The summed E-state index contributed by atoms with van der Waals surface area (Å²) in [7, 11) is 0. The predicted molar refractivity (Wildman–Crippen MR) is 122 cm³/mol. The van der Waals surface area contributed by atoms with Crippen molar-refractivity contribution in [3.8, 4) is 17.2 Å². The Labute approximate surface area is 189 Å². The van der Waals surface area contributed by atoms with E-state index in [4.69, 9.17) is 14.2 Å². The van der Waals surface area contributed by atoms with E-state index >= 15 is 0 Å². The Morgan fingerprint density at radius 1 is 1.19 bits per heavy atom. The SMILES string of the molecule is Cc1ccccc1Cn1cc(NC(=O)c2cc(COc3ccc4c(c3)OCO4)cs2)cn1. The van der Waals surface area contributed by atoms with Gasteiger partial charge < -0.3 is 19.5 Å². The molecule has 1 aliphatic heterocycles. The van der Waals surface area contributed by atoms with E-state index in [1.807, 2.05) is 46.6 Å². The van der Waals surface area contributed by atoms with Gasteiger partial charge in [0.15, 0.2) is 11.5 Å². The van der Waals surface area contributed by atoms with Crippen LogP contribution in [0.2, 0.25) is 0 Å². The minimum atomic E-state index is -0.167. The van der Waals surface area contributed by atoms with E-state index in [2.05, 4.69) is 29.5 Å². The van der Waals surface area contributed by atoms with Crippen molar-refractivity contribution in [1.82, 2.24) is 9.78 Å². The number of fused-ring (bicyclic) bond motifs is 1. The molecule has 1 aliphatic rings. The molecule has 0 fully saturated rings. The van der Waals surface area contributed by atoms with Crippen LogP contribution in [-0.2, 0) is 13.2 Å². The van der Waals surface area contributed by atoms with Crippen LogP contribution in [0.1, 0.15) is 26.4 Å². The Balaban J connectivity index is 1.17. The summed E-state index contributed by atoms with van der Waals surface area (Å²) in [5.74, 6) is 1.91. The van der Waals surface area contributed by atoms with Crippen molar-refractivity contribution in [1.29, 1.82) is 0 Å². The largest absolute Gasteiger partial charge is 0.489 e. The van der Waals surface area contributed by atoms with Gasteiger partial charge in [0.25, 0.3) is 5.91 Å². The lowest BCUT2D eigenvalue weighted by Gasteiger charge is -2.05. The number of carbonyl (C=O) groups is 1. The molecule has 0 aliphatic carbocycles. The van der Waals surface area contributed by atoms with E-state index in [9.17, 15) is 4.79 Å². The minimum absolute atomic E-state index is 0.167. The van der Waals surface area contributed by atoms with Crippen LogP contribution >= 0.6 is 11.3 Å². The molecule has 0 saturated heterocycles. The van der Waals surface area contributed by atoms with Crippen LogP contribution in [-0.4, -0.2) is 22.5 Å². The molecule has 2 aromatic carbocycles. The molecule has 3 heterocycles. The summed E-state index contributed by atoms with van der Waals surface area (Å²) in [6.45, 7) is 3.32. The molecule has 8 heteroatoms. The second kappa shape index (κ2) is 8.76. The standard InChI is InChI=1S/C24H21N3O4S/c1-16-4-2-3-5-18(16)11-27-12-19(10-25-27)26-24(28)23-8-17(14-32-23)13-29-20-6-7-21-22(9-20)31-15-30-21/h2-10,12,14H,11,13,15H2,1H3,(H,26,28). The van der Waals surface area contributed by atoms with E-state index in [1.165, 1.54) is 22.5 Å². The fraction of sp³-hybridized carbons (Fsp3) is 0.167. The first-order chi connectivity index (χ1) is 15.6. The third kappa shape index (κ3) is 4.45. The number of amides is 1. The van der Waals surface area contributed by atoms with Gasteiger partial charge in [-0.15, -0.1) is 11.3 Å². The highest BCUT2D eigenvalue weighted by Crippen LogP contribution is 2.35. The first-order valence-corrected chi connectivity index (χ1v) is 11.0. The van der Waals surface area contributed by atoms with Gasteiger partial charge in [-0.2, -0.15) is 5.10 Å². The highest BCUT2D eigenvalue weighted by Gasteiger charge is 2.15. The maximum Gasteiger partial charge on any atom is 0.265 e. The molecule has 4 aromatic rings. The van der Waals surface area contributed by atoms with Gasteiger partial charge in [0.1, 0.15) is 12.4 Å². The van der Waals surface area contributed by atoms with Gasteiger partial charge in [0, 0.05) is 17.8 Å². The highest BCUT2D eigenvalue weighted by molar-refractivity contribution is 7.12. The van der Waals surface area contributed by atoms with Crippen molar-refractivity contribution in [2.24, 2.45) is 0 Å². The Bertz CT molecular complexity index is 1260. The molecule has 2 aromatic heterocycles. The number of hydrogen-bond donors (Lipinski definition) is 1. The molecule has 32 heavy (non-hydrogen) atoms. The van der Waals surface area contributed by atoms with Gasteiger partial charge in [-0.05, 0) is 41.6 Å². The summed E-state index contributed by atoms with van der Waals surface area (Å²) in [6, 6.07) is 15.5. The highest BCUT2D eigenvalue weighted by atomic mass is 32.1. The van der Waals surface area contributed by atoms with Gasteiger partial charge in [0.2, 0.25) is 6.79 Å². The number of hydrogen-bond acceptors (Lipinski definition) is 6. The van der Waals surface area contributed by atoms with E-state index in [-0.39, 0.29) is 12.7 Å². The van der Waals surface area contributed by atoms with Crippen molar-refractivity contribution in [3.05, 3.63) is 87.9 Å². The predicted octanol–water partition coefficient (Wildman–Crippen LogP) is 4.86. The zero-order valence-electron chi connectivity index (χ0n) is 17.4. The van der Waals surface area contributed by atoms with Crippen LogP contribution in [0.3, 0.4) is 0 Å². The van der Waals surface area contributed by atoms with Crippen molar-refractivity contribution < 1.29 is 19.0 Å². The van der Waals surface area contributed by atoms with Gasteiger partial charge in [-0.1, -0.05) is 24.3 Å². The number of nitrogens with zero attached hydrogens (tertiary/aromatic N) is 2. The second-order valence-electron chi connectivity index (χ2n) is 7.43. The normalized spacial score (nSPS) is 12.0. The van der Waals surface area contributed by atoms with Crippen molar-refractivity contribution in [2.45, 2.75) is 20.1 Å². The topological polar surface area (TPSA) is 74.6 Å². The Hall–Kier alpha value is -3.78. The third-order valence-electron chi connectivity index (χ3n) is 5.11. The number of anilines is 1. The first kappa shape index (κ1) is 20.1. The molecular formula is C24H21N3O4S. The molecule has 0 radical (unpaired) electrons. The van der Waals surface area contributed by atoms with Crippen LogP contribution < -0.4 is 19.5 Å². The lowest BCUT2D eigenvalue weighted by atomic mass is 10.1. The minimum Gasteiger partial charge on any atom is -0.489 e. The van der Waals surface area contributed by atoms with Crippen LogP contribution in [0.5, 0.6) is 17.2 Å². The molecular weight excluding hydrogens is 426 g/mol. The zero-order valence-corrected chi connectivity index (χ0v) is 18.2. The number of aromatic nitrogens is 2. The Kier molecular flexibility index (Phi) is 5.51. The number of aryl methyl sites for hydroxylation is 1. The zero-order chi connectivity index (χ0) is 21.9. The monoisotopic (exact) mass is 447 g/mol. The molecule has 7 nitrogen and oxygen atoms in total. The van der Waals surface area contributed by atoms with Crippen molar-refractivity contribution in [2.75, 3.05) is 12.1 Å². The van der Waals surface area contributed by atoms with E-state index in [0.717, 1.165) is 5.56 Å². The van der Waals surface area contributed by atoms with Gasteiger partial charge in [-0.25, -0.2) is 0 Å². The van der Waals surface area contributed by atoms with Crippen LogP contribution in [0.15, 0.2) is 66.3 Å². The number of thiophene rings is 1. The number of rotatable bonds is 7. The molecule has 1 amide bonds. The number of benzene rings is 2. The summed E-state index contributed by atoms with van der Waals surface area (Å²) in [5, 5.41) is 9.19. The maximum atomic E-state index is 12.6. The molecule has 162 valence electrons. The summed E-state index contributed by atoms with van der Waals surface area (Å²) < 4.78 is 18.3. The molecule has 0 unspecified atom stereocenters. The number of ether oxygens (including phenoxy) is 3. The molecule has 0 bridgehead atoms. The van der Waals surface area contributed by atoms with Gasteiger partial charge >= 0.3 is 0 Å². The number of nitrogens with one attached hydrogen (secondary N) is 1.